The number of anilines is 2. The summed E-state index contributed by atoms with van der Waals surface area (Å²) < 4.78 is 5.63. The minimum atomic E-state index is 0.795. The molecule has 0 aliphatic heterocycles. The number of nitrogens with zero attached hydrogens (tertiary/aromatic N) is 2. The molecule has 1 aromatic rings. The first-order chi connectivity index (χ1) is 10.3. The first kappa shape index (κ1) is 16.4. The second kappa shape index (κ2) is 9.10. The molecule has 0 spiro atoms. The van der Waals surface area contributed by atoms with Crippen LogP contribution in [0.5, 0.6) is 0 Å². The number of thioether (sulfide) groups is 1. The Labute approximate surface area is 131 Å². The van der Waals surface area contributed by atoms with Gasteiger partial charge in [-0.1, -0.05) is 18.7 Å². The second-order valence-corrected chi connectivity index (χ2v) is 6.12. The van der Waals surface area contributed by atoms with Crippen molar-refractivity contribution in [3.63, 3.8) is 0 Å². The van der Waals surface area contributed by atoms with Gasteiger partial charge in [-0.05, 0) is 37.9 Å². The first-order valence-electron chi connectivity index (χ1n) is 7.80. The fourth-order valence-corrected chi connectivity index (χ4v) is 2.26. The molecule has 1 aliphatic rings. The molecule has 0 aromatic carbocycles. The maximum absolute atomic E-state index is 5.63. The maximum atomic E-state index is 5.63. The Balaban J connectivity index is 1.71. The lowest BCUT2D eigenvalue weighted by atomic mass is 10.4. The fraction of sp³-hybridized carbons (Fsp3) is 0.733. The minimum Gasteiger partial charge on any atom is -0.381 e. The van der Waals surface area contributed by atoms with E-state index in [0.717, 1.165) is 61.9 Å². The van der Waals surface area contributed by atoms with Gasteiger partial charge in [-0.25, -0.2) is 9.97 Å². The number of nitrogens with one attached hydrogen (secondary N) is 2. The molecular weight excluding hydrogens is 284 g/mol. The van der Waals surface area contributed by atoms with Crippen molar-refractivity contribution >= 4 is 23.4 Å². The van der Waals surface area contributed by atoms with Crippen LogP contribution in [-0.2, 0) is 4.74 Å². The zero-order valence-electron chi connectivity index (χ0n) is 13.0. The summed E-state index contributed by atoms with van der Waals surface area (Å²) in [5, 5.41) is 7.46. The lowest BCUT2D eigenvalue weighted by Crippen LogP contribution is -2.10. The molecule has 1 fully saturated rings. The van der Waals surface area contributed by atoms with Gasteiger partial charge in [0.05, 0.1) is 0 Å². The van der Waals surface area contributed by atoms with E-state index >= 15 is 0 Å². The van der Waals surface area contributed by atoms with E-state index in [2.05, 4.69) is 27.5 Å². The molecule has 1 aromatic heterocycles. The highest BCUT2D eigenvalue weighted by Crippen LogP contribution is 2.28. The van der Waals surface area contributed by atoms with Crippen LogP contribution in [0.15, 0.2) is 11.2 Å². The van der Waals surface area contributed by atoms with Crippen molar-refractivity contribution in [1.82, 2.24) is 9.97 Å². The Morgan fingerprint density at radius 1 is 1.24 bits per heavy atom. The van der Waals surface area contributed by atoms with Gasteiger partial charge in [-0.3, -0.25) is 0 Å². The number of hydrogen-bond donors (Lipinski definition) is 2. The molecule has 1 heterocycles. The van der Waals surface area contributed by atoms with Gasteiger partial charge in [0.25, 0.3) is 0 Å². The molecule has 0 amide bonds. The summed E-state index contributed by atoms with van der Waals surface area (Å²) in [6.45, 7) is 5.71. The van der Waals surface area contributed by atoms with Crippen molar-refractivity contribution in [2.75, 3.05) is 43.2 Å². The third kappa shape index (κ3) is 6.52. The van der Waals surface area contributed by atoms with Gasteiger partial charge in [0.1, 0.15) is 11.6 Å². The predicted molar refractivity (Wildman–Crippen MR) is 89.2 cm³/mol. The Hall–Kier alpha value is -1.01. The van der Waals surface area contributed by atoms with Crippen LogP contribution in [0.4, 0.5) is 11.6 Å². The fourth-order valence-electron chi connectivity index (χ4n) is 1.88. The molecule has 6 heteroatoms. The monoisotopic (exact) mass is 310 g/mol. The van der Waals surface area contributed by atoms with Gasteiger partial charge in [0, 0.05) is 32.4 Å². The summed E-state index contributed by atoms with van der Waals surface area (Å²) in [6, 6.07) is 1.97. The molecule has 1 saturated carbocycles. The highest BCUT2D eigenvalue weighted by Gasteiger charge is 2.20. The van der Waals surface area contributed by atoms with Crippen molar-refractivity contribution in [2.24, 2.45) is 5.92 Å². The third-order valence-electron chi connectivity index (χ3n) is 3.27. The normalized spacial score (nSPS) is 14.2. The first-order valence-corrected chi connectivity index (χ1v) is 9.03. The van der Waals surface area contributed by atoms with Crippen LogP contribution >= 0.6 is 11.8 Å². The van der Waals surface area contributed by atoms with Crippen LogP contribution in [0.25, 0.3) is 0 Å². The Morgan fingerprint density at radius 2 is 1.95 bits per heavy atom. The van der Waals surface area contributed by atoms with E-state index in [-0.39, 0.29) is 0 Å². The van der Waals surface area contributed by atoms with Crippen molar-refractivity contribution in [1.29, 1.82) is 0 Å². The lowest BCUT2D eigenvalue weighted by Gasteiger charge is -2.10. The molecule has 5 nitrogen and oxygen atoms in total. The SMILES string of the molecule is CCCNc1cc(NCCCOCC2CC2)nc(SC)n1. The molecule has 0 atom stereocenters. The summed E-state index contributed by atoms with van der Waals surface area (Å²) in [5.74, 6) is 2.62. The zero-order chi connectivity index (χ0) is 14.9. The van der Waals surface area contributed by atoms with Gasteiger partial charge >= 0.3 is 0 Å². The molecule has 2 N–H and O–H groups in total. The molecular formula is C15H26N4OS. The Bertz CT molecular complexity index is 426. The van der Waals surface area contributed by atoms with E-state index < -0.39 is 0 Å². The predicted octanol–water partition coefficient (Wildman–Crippen LogP) is 3.25. The summed E-state index contributed by atoms with van der Waals surface area (Å²) in [5.41, 5.74) is 0. The highest BCUT2D eigenvalue weighted by molar-refractivity contribution is 7.98. The van der Waals surface area contributed by atoms with Crippen molar-refractivity contribution < 1.29 is 4.74 Å². The molecule has 0 radical (unpaired) electrons. The van der Waals surface area contributed by atoms with Crippen LogP contribution in [0.3, 0.4) is 0 Å². The topological polar surface area (TPSA) is 59.1 Å². The highest BCUT2D eigenvalue weighted by atomic mass is 32.2. The van der Waals surface area contributed by atoms with Crippen LogP contribution < -0.4 is 10.6 Å². The zero-order valence-corrected chi connectivity index (χ0v) is 13.8. The third-order valence-corrected chi connectivity index (χ3v) is 3.81. The maximum Gasteiger partial charge on any atom is 0.191 e. The number of ether oxygens (including phenoxy) is 1. The van der Waals surface area contributed by atoms with Crippen molar-refractivity contribution in [2.45, 2.75) is 37.8 Å². The van der Waals surface area contributed by atoms with Crippen LogP contribution in [0.1, 0.15) is 32.6 Å². The smallest absolute Gasteiger partial charge is 0.191 e. The summed E-state index contributed by atoms with van der Waals surface area (Å²) in [6.07, 6.45) is 6.78. The van der Waals surface area contributed by atoms with Crippen LogP contribution in [0, 0.1) is 5.92 Å². The van der Waals surface area contributed by atoms with E-state index in [1.807, 2.05) is 12.3 Å². The van der Waals surface area contributed by atoms with E-state index in [4.69, 9.17) is 4.74 Å². The molecule has 2 rings (SSSR count). The Kier molecular flexibility index (Phi) is 7.09. The largest absolute Gasteiger partial charge is 0.381 e. The van der Waals surface area contributed by atoms with Crippen molar-refractivity contribution in [3.8, 4) is 0 Å². The molecule has 0 unspecified atom stereocenters. The summed E-state index contributed by atoms with van der Waals surface area (Å²) in [7, 11) is 0. The minimum absolute atomic E-state index is 0.795. The van der Waals surface area contributed by atoms with Gasteiger partial charge < -0.3 is 15.4 Å². The second-order valence-electron chi connectivity index (χ2n) is 5.35. The molecule has 21 heavy (non-hydrogen) atoms. The molecule has 0 bridgehead atoms. The average Bonchev–Trinajstić information content (AvgIpc) is 3.32. The quantitative estimate of drug-likeness (QED) is 0.372. The number of aromatic nitrogens is 2. The molecule has 1 aliphatic carbocycles. The van der Waals surface area contributed by atoms with Gasteiger partial charge in [0.2, 0.25) is 0 Å². The summed E-state index contributed by atoms with van der Waals surface area (Å²) in [4.78, 5) is 8.93. The van der Waals surface area contributed by atoms with E-state index in [1.54, 1.807) is 11.8 Å². The van der Waals surface area contributed by atoms with Gasteiger partial charge in [-0.2, -0.15) is 0 Å². The standard InChI is InChI=1S/C15H26N4OS/c1-3-7-16-13-10-14(19-15(18-13)21-2)17-8-4-9-20-11-12-5-6-12/h10,12H,3-9,11H2,1-2H3,(H2,16,17,18,19). The number of hydrogen-bond acceptors (Lipinski definition) is 6. The van der Waals surface area contributed by atoms with Gasteiger partial charge in [-0.15, -0.1) is 0 Å². The summed E-state index contributed by atoms with van der Waals surface area (Å²) >= 11 is 1.56. The van der Waals surface area contributed by atoms with Crippen LogP contribution in [-0.4, -0.2) is 42.5 Å². The number of rotatable bonds is 11. The lowest BCUT2D eigenvalue weighted by molar-refractivity contribution is 0.124. The Morgan fingerprint density at radius 3 is 2.57 bits per heavy atom. The molecule has 118 valence electrons. The van der Waals surface area contributed by atoms with E-state index in [0.29, 0.717) is 0 Å². The van der Waals surface area contributed by atoms with E-state index in [9.17, 15) is 0 Å². The van der Waals surface area contributed by atoms with Crippen LogP contribution in [0.2, 0.25) is 0 Å². The van der Waals surface area contributed by atoms with E-state index in [1.165, 1.54) is 12.8 Å². The average molecular weight is 310 g/mol. The van der Waals surface area contributed by atoms with Crippen molar-refractivity contribution in [3.05, 3.63) is 6.07 Å². The molecule has 0 saturated heterocycles. The van der Waals surface area contributed by atoms with Gasteiger partial charge in [0.15, 0.2) is 5.16 Å².